The van der Waals surface area contributed by atoms with Gasteiger partial charge in [0.2, 0.25) is 0 Å². The molecule has 2 rings (SSSR count). The van der Waals surface area contributed by atoms with Crippen molar-refractivity contribution in [3.8, 4) is 5.75 Å². The summed E-state index contributed by atoms with van der Waals surface area (Å²) in [6.07, 6.45) is 0.926. The standard InChI is InChI=1S/C13H11F3N2O4/c14-7-1-2-10(22-13(15)16)8(5-7)17-9-6-11(20)18(3-4-19)12(9)21/h1-2,5-6,13,17,19H,3-4H2. The normalized spacial score (nSPS) is 14.6. The second-order valence-electron chi connectivity index (χ2n) is 4.22. The van der Waals surface area contributed by atoms with E-state index in [4.69, 9.17) is 5.11 Å². The van der Waals surface area contributed by atoms with Crippen molar-refractivity contribution in [2.45, 2.75) is 6.61 Å². The Kier molecular flexibility index (Phi) is 4.66. The van der Waals surface area contributed by atoms with Crippen LogP contribution in [-0.2, 0) is 9.59 Å². The number of hydrogen-bond donors (Lipinski definition) is 2. The number of amides is 2. The summed E-state index contributed by atoms with van der Waals surface area (Å²) >= 11 is 0. The molecular weight excluding hydrogens is 305 g/mol. The molecule has 0 unspecified atom stereocenters. The van der Waals surface area contributed by atoms with E-state index in [9.17, 15) is 22.8 Å². The molecule has 1 aliphatic rings. The Morgan fingerprint density at radius 1 is 1.32 bits per heavy atom. The van der Waals surface area contributed by atoms with E-state index in [1.54, 1.807) is 0 Å². The van der Waals surface area contributed by atoms with Crippen molar-refractivity contribution in [1.82, 2.24) is 4.90 Å². The molecular formula is C13H11F3N2O4. The molecule has 22 heavy (non-hydrogen) atoms. The number of carbonyl (C=O) groups excluding carboxylic acids is 2. The third-order valence-electron chi connectivity index (χ3n) is 2.76. The van der Waals surface area contributed by atoms with Gasteiger partial charge in [-0.15, -0.1) is 0 Å². The molecule has 0 saturated heterocycles. The van der Waals surface area contributed by atoms with Crippen LogP contribution >= 0.6 is 0 Å². The lowest BCUT2D eigenvalue weighted by Gasteiger charge is -2.15. The zero-order valence-electron chi connectivity index (χ0n) is 11.1. The topological polar surface area (TPSA) is 78.9 Å². The maximum absolute atomic E-state index is 13.2. The van der Waals surface area contributed by atoms with Gasteiger partial charge in [-0.2, -0.15) is 8.78 Å². The smallest absolute Gasteiger partial charge is 0.387 e. The highest BCUT2D eigenvalue weighted by Crippen LogP contribution is 2.29. The van der Waals surface area contributed by atoms with E-state index in [0.29, 0.717) is 0 Å². The van der Waals surface area contributed by atoms with Crippen molar-refractivity contribution >= 4 is 17.5 Å². The predicted octanol–water partition coefficient (Wildman–Crippen LogP) is 1.08. The number of hydrogen-bond acceptors (Lipinski definition) is 5. The molecule has 118 valence electrons. The molecule has 1 aromatic rings. The van der Waals surface area contributed by atoms with E-state index in [1.807, 2.05) is 0 Å². The minimum Gasteiger partial charge on any atom is -0.433 e. The molecule has 0 aromatic heterocycles. The Morgan fingerprint density at radius 3 is 2.68 bits per heavy atom. The molecule has 2 N–H and O–H groups in total. The maximum atomic E-state index is 13.2. The van der Waals surface area contributed by atoms with Gasteiger partial charge in [-0.25, -0.2) is 4.39 Å². The van der Waals surface area contributed by atoms with Crippen molar-refractivity contribution in [2.75, 3.05) is 18.5 Å². The number of nitrogens with one attached hydrogen (secondary N) is 1. The van der Waals surface area contributed by atoms with Crippen LogP contribution in [0.2, 0.25) is 0 Å². The van der Waals surface area contributed by atoms with Crippen molar-refractivity contribution < 1.29 is 32.6 Å². The molecule has 0 aliphatic carbocycles. The molecule has 9 heteroatoms. The molecule has 0 atom stereocenters. The predicted molar refractivity (Wildman–Crippen MR) is 68.5 cm³/mol. The number of rotatable bonds is 6. The number of imide groups is 1. The number of ether oxygens (including phenoxy) is 1. The van der Waals surface area contributed by atoms with Crippen LogP contribution in [0.1, 0.15) is 0 Å². The number of anilines is 1. The number of aliphatic hydroxyl groups is 1. The van der Waals surface area contributed by atoms with Gasteiger partial charge in [-0.1, -0.05) is 0 Å². The van der Waals surface area contributed by atoms with Gasteiger partial charge in [0.25, 0.3) is 11.8 Å². The monoisotopic (exact) mass is 316 g/mol. The van der Waals surface area contributed by atoms with Crippen LogP contribution in [0.5, 0.6) is 5.75 Å². The second-order valence-corrected chi connectivity index (χ2v) is 4.22. The molecule has 1 aliphatic heterocycles. The summed E-state index contributed by atoms with van der Waals surface area (Å²) in [6, 6.07) is 2.74. The lowest BCUT2D eigenvalue weighted by atomic mass is 10.2. The van der Waals surface area contributed by atoms with E-state index < -0.39 is 30.8 Å². The number of benzene rings is 1. The number of halogens is 3. The van der Waals surface area contributed by atoms with Crippen LogP contribution in [0.15, 0.2) is 30.0 Å². The Hall–Kier alpha value is -2.55. The van der Waals surface area contributed by atoms with Crippen LogP contribution in [0.25, 0.3) is 0 Å². The minimum atomic E-state index is -3.13. The maximum Gasteiger partial charge on any atom is 0.387 e. The van der Waals surface area contributed by atoms with Gasteiger partial charge in [0.1, 0.15) is 17.3 Å². The average molecular weight is 316 g/mol. The van der Waals surface area contributed by atoms with Gasteiger partial charge in [0.05, 0.1) is 18.8 Å². The van der Waals surface area contributed by atoms with Gasteiger partial charge in [0.15, 0.2) is 0 Å². The number of alkyl halides is 2. The first kappa shape index (κ1) is 15.8. The Balaban J connectivity index is 2.24. The van der Waals surface area contributed by atoms with Crippen LogP contribution in [0.4, 0.5) is 18.9 Å². The lowest BCUT2D eigenvalue weighted by Crippen LogP contribution is -2.34. The summed E-state index contributed by atoms with van der Waals surface area (Å²) in [5, 5.41) is 11.2. The molecule has 0 fully saturated rings. The fourth-order valence-electron chi connectivity index (χ4n) is 1.85. The fourth-order valence-corrected chi connectivity index (χ4v) is 1.85. The first-order valence-electron chi connectivity index (χ1n) is 6.12. The molecule has 2 amide bonds. The van der Waals surface area contributed by atoms with Crippen LogP contribution < -0.4 is 10.1 Å². The SMILES string of the molecule is O=C1C=C(Nc2cc(F)ccc2OC(F)F)C(=O)N1CCO. The minimum absolute atomic E-state index is 0.205. The quantitative estimate of drug-likeness (QED) is 0.768. The summed E-state index contributed by atoms with van der Waals surface area (Å²) in [6.45, 7) is -3.76. The van der Waals surface area contributed by atoms with E-state index in [2.05, 4.69) is 10.1 Å². The van der Waals surface area contributed by atoms with Gasteiger partial charge < -0.3 is 15.2 Å². The highest BCUT2D eigenvalue weighted by molar-refractivity contribution is 6.17. The Bertz CT molecular complexity index is 634. The first-order chi connectivity index (χ1) is 10.4. The van der Waals surface area contributed by atoms with Crippen LogP contribution in [-0.4, -0.2) is 41.6 Å². The number of β-amino-alcohol motifs (C(OH)–C–C–N with tert-alkyl or cyclic N) is 1. The summed E-state index contributed by atoms with van der Waals surface area (Å²) < 4.78 is 42.0. The molecule has 6 nitrogen and oxygen atoms in total. The molecule has 0 radical (unpaired) electrons. The highest BCUT2D eigenvalue weighted by atomic mass is 19.3. The summed E-state index contributed by atoms with van der Waals surface area (Å²) in [4.78, 5) is 24.2. The van der Waals surface area contributed by atoms with E-state index in [-0.39, 0.29) is 23.7 Å². The zero-order chi connectivity index (χ0) is 16.3. The van der Waals surface area contributed by atoms with Crippen molar-refractivity contribution in [2.24, 2.45) is 0 Å². The van der Waals surface area contributed by atoms with Gasteiger partial charge in [0, 0.05) is 12.1 Å². The first-order valence-corrected chi connectivity index (χ1v) is 6.12. The van der Waals surface area contributed by atoms with Gasteiger partial charge >= 0.3 is 6.61 Å². The number of nitrogens with zero attached hydrogens (tertiary/aromatic N) is 1. The Morgan fingerprint density at radius 2 is 2.05 bits per heavy atom. The largest absolute Gasteiger partial charge is 0.433 e. The molecule has 0 bridgehead atoms. The molecule has 1 aromatic carbocycles. The zero-order valence-corrected chi connectivity index (χ0v) is 11.1. The second kappa shape index (κ2) is 6.48. The van der Waals surface area contributed by atoms with Crippen LogP contribution in [0, 0.1) is 5.82 Å². The summed E-state index contributed by atoms with van der Waals surface area (Å²) in [5.41, 5.74) is -0.457. The van der Waals surface area contributed by atoms with Crippen molar-refractivity contribution in [3.63, 3.8) is 0 Å². The van der Waals surface area contributed by atoms with Gasteiger partial charge in [-0.05, 0) is 12.1 Å². The third-order valence-corrected chi connectivity index (χ3v) is 2.76. The molecule has 0 saturated carbocycles. The Labute approximate surface area is 122 Å². The molecule has 1 heterocycles. The number of carbonyl (C=O) groups is 2. The van der Waals surface area contributed by atoms with E-state index in [1.165, 1.54) is 0 Å². The summed E-state index contributed by atoms with van der Waals surface area (Å²) in [5.74, 6) is -2.55. The van der Waals surface area contributed by atoms with E-state index in [0.717, 1.165) is 29.2 Å². The van der Waals surface area contributed by atoms with Crippen molar-refractivity contribution in [3.05, 3.63) is 35.8 Å². The van der Waals surface area contributed by atoms with E-state index >= 15 is 0 Å². The third kappa shape index (κ3) is 3.37. The molecule has 0 spiro atoms. The highest BCUT2D eigenvalue weighted by Gasteiger charge is 2.31. The van der Waals surface area contributed by atoms with Crippen LogP contribution in [0.3, 0.4) is 0 Å². The average Bonchev–Trinajstić information content (AvgIpc) is 2.69. The van der Waals surface area contributed by atoms with Crippen molar-refractivity contribution in [1.29, 1.82) is 0 Å². The summed E-state index contributed by atoms with van der Waals surface area (Å²) in [7, 11) is 0. The number of aliphatic hydroxyl groups excluding tert-OH is 1. The van der Waals surface area contributed by atoms with Gasteiger partial charge in [-0.3, -0.25) is 14.5 Å². The lowest BCUT2D eigenvalue weighted by molar-refractivity contribution is -0.137. The fraction of sp³-hybridized carbons (Fsp3) is 0.231.